The molecule has 3 saturated heterocycles. The predicted molar refractivity (Wildman–Crippen MR) is 348 cm³/mol. The number of carbonyl (C=O) groups is 12. The van der Waals surface area contributed by atoms with Gasteiger partial charge in [0.25, 0.3) is 0 Å². The van der Waals surface area contributed by atoms with Crippen LogP contribution in [0.3, 0.4) is 0 Å². The lowest BCUT2D eigenvalue weighted by molar-refractivity contribution is -0.157. The fourth-order valence-corrected chi connectivity index (χ4v) is 14.3. The molecule has 12 amide bonds. The molecule has 1 aromatic carbocycles. The number of fused-ring (bicyclic) bond motifs is 1. The van der Waals surface area contributed by atoms with Crippen LogP contribution in [0.25, 0.3) is 0 Å². The number of aryl methyl sites for hydroxylation is 1. The number of amides is 12. The van der Waals surface area contributed by atoms with Crippen LogP contribution < -0.4 is 16.0 Å². The van der Waals surface area contributed by atoms with Crippen LogP contribution in [0.5, 0.6) is 0 Å². The van der Waals surface area contributed by atoms with E-state index in [0.29, 0.717) is 70.0 Å². The van der Waals surface area contributed by atoms with Gasteiger partial charge in [-0.05, 0) is 119 Å². The molecule has 3 N–H and O–H groups in total. The number of nitrogens with zero attached hydrogens (tertiary/aromatic N) is 9. The third-order valence-electron chi connectivity index (χ3n) is 20.3. The monoisotopic (exact) mass is 1360 g/mol. The zero-order chi connectivity index (χ0) is 70.6. The number of hydrogen-bond acceptors (Lipinski definition) is 12. The van der Waals surface area contributed by atoms with Crippen molar-refractivity contribution < 1.29 is 70.7 Å². The highest BCUT2D eigenvalue weighted by Crippen LogP contribution is 2.38. The van der Waals surface area contributed by atoms with Crippen LogP contribution in [0.2, 0.25) is 5.02 Å². The molecule has 8 atom stereocenters. The highest BCUT2D eigenvalue weighted by molar-refractivity contribution is 6.31. The van der Waals surface area contributed by atoms with Crippen LogP contribution in [0.4, 0.5) is 13.2 Å². The van der Waals surface area contributed by atoms with Gasteiger partial charge < -0.3 is 60.0 Å². The lowest BCUT2D eigenvalue weighted by Gasteiger charge is -2.43. The maximum Gasteiger partial charge on any atom is 0.417 e. The normalized spacial score (nSPS) is 26.6. The summed E-state index contributed by atoms with van der Waals surface area (Å²) in [5.74, 6) is -8.98. The second-order valence-electron chi connectivity index (χ2n) is 27.6. The van der Waals surface area contributed by atoms with E-state index in [1.165, 1.54) is 81.9 Å². The Morgan fingerprint density at radius 3 is 1.86 bits per heavy atom. The van der Waals surface area contributed by atoms with Gasteiger partial charge in [-0.2, -0.15) is 13.2 Å². The average molecular weight is 1360 g/mol. The van der Waals surface area contributed by atoms with Gasteiger partial charge in [0.1, 0.15) is 47.8 Å². The van der Waals surface area contributed by atoms with Gasteiger partial charge in [0.05, 0.1) is 36.6 Å². The number of halogens is 4. The third kappa shape index (κ3) is 19.2. The number of likely N-dealkylation sites (N-methyl/N-ethyl adjacent to an activating group) is 7. The lowest BCUT2D eigenvalue weighted by Crippen LogP contribution is -2.65. The van der Waals surface area contributed by atoms with Crippen LogP contribution in [-0.2, 0) is 70.1 Å². The van der Waals surface area contributed by atoms with Crippen LogP contribution in [0, 0.1) is 17.8 Å². The van der Waals surface area contributed by atoms with Crippen molar-refractivity contribution in [1.29, 1.82) is 0 Å². The summed E-state index contributed by atoms with van der Waals surface area (Å²) in [6.45, 7) is 7.76. The van der Waals surface area contributed by atoms with E-state index in [1.807, 2.05) is 20.8 Å². The van der Waals surface area contributed by atoms with Crippen molar-refractivity contribution in [3.63, 3.8) is 0 Å². The van der Waals surface area contributed by atoms with E-state index in [0.717, 1.165) is 57.4 Å². The fourth-order valence-electron chi connectivity index (χ4n) is 14.0. The van der Waals surface area contributed by atoms with Gasteiger partial charge in [-0.1, -0.05) is 83.9 Å². The summed E-state index contributed by atoms with van der Waals surface area (Å²) in [7, 11) is 9.74. The van der Waals surface area contributed by atoms with Crippen molar-refractivity contribution in [2.24, 2.45) is 17.8 Å². The van der Waals surface area contributed by atoms with Gasteiger partial charge in [-0.15, -0.1) is 0 Å². The molecule has 0 radical (unpaired) electrons. The molecule has 1 aromatic rings. The smallest absolute Gasteiger partial charge is 0.343 e. The highest BCUT2D eigenvalue weighted by Gasteiger charge is 2.51. The topological polar surface area (TPSA) is 270 Å². The van der Waals surface area contributed by atoms with E-state index in [2.05, 4.69) is 16.0 Å². The van der Waals surface area contributed by atoms with Gasteiger partial charge in [-0.3, -0.25) is 57.5 Å². The number of benzene rings is 1. The Labute approximate surface area is 562 Å². The van der Waals surface area contributed by atoms with Crippen LogP contribution in [0.15, 0.2) is 18.2 Å². The van der Waals surface area contributed by atoms with E-state index >= 15 is 28.8 Å². The van der Waals surface area contributed by atoms with E-state index in [9.17, 15) is 41.9 Å². The maximum absolute atomic E-state index is 15.7. The SMILES string of the molecule is CC[C@H](C)[C@@H]1NC(=O)[C@H](CC(C)C)N(C)C(=O)C[C@@H](C(=O)N2CCCCC2)N(C)C(=O)[C@H](C2CCCCC2)N(C)C(=O)C2(CCCC2)NC(=O)C2CCCN2C(=O)[C@H](CCc2ccc(C(F)(F)F)c(Cl)c2)NC(=O)CN(C)C(=O)[C@H](C)N(C)C(=O)CN(C)C(=O)CN(C)C1=O. The van der Waals surface area contributed by atoms with Gasteiger partial charge in [0, 0.05) is 69.0 Å². The first-order chi connectivity index (χ1) is 44.6. The zero-order valence-electron chi connectivity index (χ0n) is 57.6. The Balaban J connectivity index is 1.41. The van der Waals surface area contributed by atoms with Crippen molar-refractivity contribution in [3.8, 4) is 0 Å². The molecule has 2 aliphatic carbocycles. The minimum atomic E-state index is -4.76. The standard InChI is InChI=1S/C67H102ClF3N12O12/c1-13-42(4)56-63(93)77(8)39-54(86)75(6)40-55(87)78(9)43(5)60(90)76(7)38-52(84)72-48(29-27-44-26-28-46(47(68)36-44)67(69,70)71)61(91)83-34-22-25-49(83)59(89)74-66(30-18-19-31-66)65(95)81(12)57(45-23-16-14-17-24-45)64(94)80(11)51(62(92)82-32-20-15-21-33-82)37-53(85)79(10)50(35-41(2)3)58(88)73-56/h26,28,36,41-43,45,48-51,56-57H,13-25,27,29-35,37-40H2,1-12H3,(H,72,84)(H,73,88)(H,74,89)/t42-,43-,48-,49?,50-,51-,56-,57-/m0/s1. The van der Waals surface area contributed by atoms with Crippen molar-refractivity contribution in [1.82, 2.24) is 60.0 Å². The van der Waals surface area contributed by atoms with E-state index in [1.54, 1.807) is 11.8 Å². The third-order valence-corrected chi connectivity index (χ3v) is 20.6. The molecule has 24 nitrogen and oxygen atoms in total. The lowest BCUT2D eigenvalue weighted by atomic mass is 9.81. The molecule has 3 heterocycles. The molecule has 2 saturated carbocycles. The molecule has 1 spiro atoms. The number of alkyl halides is 3. The Morgan fingerprint density at radius 1 is 0.653 bits per heavy atom. The fraction of sp³-hybridized carbons (Fsp3) is 0.731. The molecule has 5 aliphatic rings. The summed E-state index contributed by atoms with van der Waals surface area (Å²) in [4.78, 5) is 187. The number of rotatable bonds is 9. The summed E-state index contributed by atoms with van der Waals surface area (Å²) in [6.07, 6.45) is 2.51. The molecule has 5 fully saturated rings. The second-order valence-corrected chi connectivity index (χ2v) is 28.0. The number of hydrogen-bond donors (Lipinski definition) is 3. The molecule has 6 rings (SSSR count). The summed E-state index contributed by atoms with van der Waals surface area (Å²) in [6, 6.07) is -5.65. The van der Waals surface area contributed by atoms with Gasteiger partial charge >= 0.3 is 6.18 Å². The first-order valence-electron chi connectivity index (χ1n) is 33.8. The molecule has 95 heavy (non-hydrogen) atoms. The molecular formula is C67H102ClF3N12O12. The Bertz CT molecular complexity index is 2970. The summed E-state index contributed by atoms with van der Waals surface area (Å²) >= 11 is 6.10. The summed E-state index contributed by atoms with van der Waals surface area (Å²) in [5.41, 5.74) is -2.35. The first-order valence-corrected chi connectivity index (χ1v) is 34.2. The van der Waals surface area contributed by atoms with Gasteiger partial charge in [0.2, 0.25) is 70.9 Å². The van der Waals surface area contributed by atoms with Crippen molar-refractivity contribution in [3.05, 3.63) is 34.3 Å². The average Bonchev–Trinajstić information content (AvgIpc) is 1.77. The number of piperidine rings is 1. The largest absolute Gasteiger partial charge is 0.417 e. The van der Waals surface area contributed by atoms with E-state index < -0.39 is 173 Å². The van der Waals surface area contributed by atoms with Crippen molar-refractivity contribution >= 4 is 82.5 Å². The molecule has 1 unspecified atom stereocenters. The first kappa shape index (κ1) is 77.0. The maximum atomic E-state index is 15.7. The zero-order valence-corrected chi connectivity index (χ0v) is 58.4. The van der Waals surface area contributed by atoms with Gasteiger partial charge in [-0.25, -0.2) is 0 Å². The number of nitrogens with one attached hydrogen (secondary N) is 3. The second kappa shape index (κ2) is 33.7. The number of carbonyl (C=O) groups excluding carboxylic acids is 12. The molecule has 28 heteroatoms. The molecule has 0 aromatic heterocycles. The quantitative estimate of drug-likeness (QED) is 0.309. The van der Waals surface area contributed by atoms with Crippen molar-refractivity contribution in [2.45, 2.75) is 211 Å². The predicted octanol–water partition coefficient (Wildman–Crippen LogP) is 4.47. The van der Waals surface area contributed by atoms with Crippen molar-refractivity contribution in [2.75, 3.05) is 88.6 Å². The Hall–Kier alpha value is -7.06. The minimum absolute atomic E-state index is 0.0343. The number of likely N-dealkylation sites (tertiary alicyclic amines) is 1. The van der Waals surface area contributed by atoms with Crippen LogP contribution >= 0.6 is 11.6 Å². The van der Waals surface area contributed by atoms with Crippen LogP contribution in [0.1, 0.15) is 161 Å². The van der Waals surface area contributed by atoms with Crippen LogP contribution in [-0.4, -0.2) is 251 Å². The van der Waals surface area contributed by atoms with E-state index in [4.69, 9.17) is 11.6 Å². The summed E-state index contributed by atoms with van der Waals surface area (Å²) in [5, 5.41) is 8.05. The summed E-state index contributed by atoms with van der Waals surface area (Å²) < 4.78 is 41.3. The Kier molecular flexibility index (Phi) is 27.3. The minimum Gasteiger partial charge on any atom is -0.343 e. The van der Waals surface area contributed by atoms with E-state index in [-0.39, 0.29) is 51.0 Å². The molecule has 530 valence electrons. The molecule has 3 aliphatic heterocycles. The highest BCUT2D eigenvalue weighted by atomic mass is 35.5. The Morgan fingerprint density at radius 2 is 1.26 bits per heavy atom. The molecular weight excluding hydrogens is 1260 g/mol. The van der Waals surface area contributed by atoms with Gasteiger partial charge in [0.15, 0.2) is 0 Å². The molecule has 0 bridgehead atoms.